The smallest absolute Gasteiger partial charge is 0.199 e. The van der Waals surface area contributed by atoms with E-state index < -0.39 is 11.0 Å². The van der Waals surface area contributed by atoms with Crippen molar-refractivity contribution in [3.63, 3.8) is 0 Å². The molecule has 2 aromatic rings. The topological polar surface area (TPSA) is 83.3 Å². The standard InChI is InChI=1S/C15H14BrNO5/c1-21-13-7-11(12(17(19)20)8-14(13)22-2)15(18)9-4-3-5-10(16)6-9/h3-8,17,19H,1-2H3. The van der Waals surface area contributed by atoms with Crippen LogP contribution in [0.3, 0.4) is 0 Å². The van der Waals surface area contributed by atoms with Gasteiger partial charge in [-0.05, 0) is 12.1 Å². The summed E-state index contributed by atoms with van der Waals surface area (Å²) in [6.45, 7) is 0. The van der Waals surface area contributed by atoms with E-state index in [4.69, 9.17) is 9.47 Å². The number of hydrogen-bond acceptors (Lipinski definition) is 5. The largest absolute Gasteiger partial charge is 0.595 e. The fraction of sp³-hybridized carbons (Fsp3) is 0.133. The zero-order valence-electron chi connectivity index (χ0n) is 11.9. The van der Waals surface area contributed by atoms with Gasteiger partial charge in [0.1, 0.15) is 0 Å². The van der Waals surface area contributed by atoms with E-state index in [9.17, 15) is 15.2 Å². The molecule has 0 bridgehead atoms. The molecule has 7 heteroatoms. The summed E-state index contributed by atoms with van der Waals surface area (Å²) in [5.74, 6) is 0.149. The zero-order valence-corrected chi connectivity index (χ0v) is 13.5. The van der Waals surface area contributed by atoms with Gasteiger partial charge in [-0.25, -0.2) is 5.21 Å². The highest BCUT2D eigenvalue weighted by Crippen LogP contribution is 2.33. The second kappa shape index (κ2) is 6.89. The molecular weight excluding hydrogens is 354 g/mol. The number of hydrogen-bond donors (Lipinski definition) is 2. The van der Waals surface area contributed by atoms with Gasteiger partial charge in [0, 0.05) is 22.2 Å². The van der Waals surface area contributed by atoms with Gasteiger partial charge in [0.15, 0.2) is 23.0 Å². The molecule has 1 unspecified atom stereocenters. The Hall–Kier alpha value is -1.93. The van der Waals surface area contributed by atoms with Gasteiger partial charge in [-0.15, -0.1) is 0 Å². The fourth-order valence-electron chi connectivity index (χ4n) is 2.03. The van der Waals surface area contributed by atoms with E-state index in [1.807, 2.05) is 0 Å². The first-order chi connectivity index (χ1) is 10.5. The molecule has 0 fully saturated rings. The number of methoxy groups -OCH3 is 2. The molecule has 2 N–H and O–H groups in total. The normalized spacial score (nSPS) is 11.9. The van der Waals surface area contributed by atoms with Crippen molar-refractivity contribution in [2.24, 2.45) is 0 Å². The maximum Gasteiger partial charge on any atom is 0.199 e. The lowest BCUT2D eigenvalue weighted by Gasteiger charge is -2.18. The predicted octanol–water partition coefficient (Wildman–Crippen LogP) is 2.10. The number of carbonyl (C=O) groups excluding carboxylic acids is 1. The SMILES string of the molecule is COc1cc(C(=O)c2cccc(Br)c2)c([NH+]([O-])O)cc1OC. The quantitative estimate of drug-likeness (QED) is 0.624. The summed E-state index contributed by atoms with van der Waals surface area (Å²) in [4.78, 5) is 12.6. The van der Waals surface area contributed by atoms with E-state index in [-0.39, 0.29) is 17.0 Å². The highest BCUT2D eigenvalue weighted by atomic mass is 79.9. The van der Waals surface area contributed by atoms with Crippen LogP contribution in [0.15, 0.2) is 40.9 Å². The molecule has 0 heterocycles. The molecule has 0 saturated carbocycles. The van der Waals surface area contributed by atoms with E-state index in [0.29, 0.717) is 11.3 Å². The van der Waals surface area contributed by atoms with Crippen LogP contribution in [0.5, 0.6) is 11.5 Å². The lowest BCUT2D eigenvalue weighted by molar-refractivity contribution is -0.991. The zero-order chi connectivity index (χ0) is 16.3. The summed E-state index contributed by atoms with van der Waals surface area (Å²) in [5.41, 5.74) is 0.287. The minimum absolute atomic E-state index is 0.0447. The van der Waals surface area contributed by atoms with Gasteiger partial charge in [-0.1, -0.05) is 28.1 Å². The summed E-state index contributed by atoms with van der Waals surface area (Å²) in [6, 6.07) is 9.40. The van der Waals surface area contributed by atoms with E-state index in [1.54, 1.807) is 24.3 Å². The van der Waals surface area contributed by atoms with Crippen molar-refractivity contribution in [3.05, 3.63) is 57.2 Å². The van der Waals surface area contributed by atoms with Crippen molar-refractivity contribution in [3.8, 4) is 11.5 Å². The van der Waals surface area contributed by atoms with Gasteiger partial charge in [0.2, 0.25) is 0 Å². The van der Waals surface area contributed by atoms with Crippen molar-refractivity contribution in [2.75, 3.05) is 14.2 Å². The van der Waals surface area contributed by atoms with Crippen molar-refractivity contribution < 1.29 is 24.7 Å². The van der Waals surface area contributed by atoms with Crippen LogP contribution in [0.1, 0.15) is 15.9 Å². The molecule has 0 aliphatic carbocycles. The van der Waals surface area contributed by atoms with Gasteiger partial charge in [-0.3, -0.25) is 4.79 Å². The molecule has 0 aliphatic rings. The van der Waals surface area contributed by atoms with Crippen molar-refractivity contribution >= 4 is 27.4 Å². The number of ketones is 1. The Morgan fingerprint density at radius 3 is 2.36 bits per heavy atom. The van der Waals surface area contributed by atoms with Crippen LogP contribution in [0, 0.1) is 5.21 Å². The fourth-order valence-corrected chi connectivity index (χ4v) is 2.43. The molecule has 116 valence electrons. The molecule has 2 rings (SSSR count). The number of benzene rings is 2. The third kappa shape index (κ3) is 3.28. The van der Waals surface area contributed by atoms with Crippen LogP contribution in [-0.4, -0.2) is 25.2 Å². The van der Waals surface area contributed by atoms with Crippen LogP contribution in [0.4, 0.5) is 5.69 Å². The van der Waals surface area contributed by atoms with E-state index in [1.165, 1.54) is 26.4 Å². The first-order valence-electron chi connectivity index (χ1n) is 6.27. The minimum atomic E-state index is -1.21. The van der Waals surface area contributed by atoms with E-state index >= 15 is 0 Å². The van der Waals surface area contributed by atoms with Crippen LogP contribution >= 0.6 is 15.9 Å². The third-order valence-electron chi connectivity index (χ3n) is 3.09. The second-order valence-electron chi connectivity index (χ2n) is 4.40. The molecule has 6 nitrogen and oxygen atoms in total. The molecule has 22 heavy (non-hydrogen) atoms. The van der Waals surface area contributed by atoms with Crippen LogP contribution in [0.25, 0.3) is 0 Å². The Bertz CT molecular complexity index is 702. The highest BCUT2D eigenvalue weighted by Gasteiger charge is 2.22. The number of halogens is 1. The summed E-state index contributed by atoms with van der Waals surface area (Å²) in [5, 5.41) is 19.6. The second-order valence-corrected chi connectivity index (χ2v) is 5.31. The molecular formula is C15H14BrNO5. The minimum Gasteiger partial charge on any atom is -0.595 e. The molecule has 0 radical (unpaired) electrons. The molecule has 0 amide bonds. The Morgan fingerprint density at radius 2 is 1.82 bits per heavy atom. The molecule has 2 aromatic carbocycles. The number of quaternary nitrogens is 1. The van der Waals surface area contributed by atoms with Gasteiger partial charge >= 0.3 is 0 Å². The van der Waals surface area contributed by atoms with Gasteiger partial charge in [-0.2, -0.15) is 5.23 Å². The third-order valence-corrected chi connectivity index (χ3v) is 3.58. The van der Waals surface area contributed by atoms with E-state index in [2.05, 4.69) is 15.9 Å². The van der Waals surface area contributed by atoms with Crippen LogP contribution < -0.4 is 14.7 Å². The summed E-state index contributed by atoms with van der Waals surface area (Å²) in [7, 11) is 2.82. The van der Waals surface area contributed by atoms with Crippen molar-refractivity contribution in [1.29, 1.82) is 0 Å². The van der Waals surface area contributed by atoms with Gasteiger partial charge in [0.05, 0.1) is 19.8 Å². The average molecular weight is 368 g/mol. The summed E-state index contributed by atoms with van der Waals surface area (Å²) in [6.07, 6.45) is 0. The number of carbonyl (C=O) groups is 1. The van der Waals surface area contributed by atoms with Gasteiger partial charge < -0.3 is 14.7 Å². The average Bonchev–Trinajstić information content (AvgIpc) is 2.52. The first kappa shape index (κ1) is 16.4. The van der Waals surface area contributed by atoms with Crippen molar-refractivity contribution in [1.82, 2.24) is 0 Å². The van der Waals surface area contributed by atoms with Crippen molar-refractivity contribution in [2.45, 2.75) is 0 Å². The van der Waals surface area contributed by atoms with Crippen LogP contribution in [0.2, 0.25) is 0 Å². The lowest BCUT2D eigenvalue weighted by atomic mass is 10.0. The predicted molar refractivity (Wildman–Crippen MR) is 82.9 cm³/mol. The van der Waals surface area contributed by atoms with Crippen LogP contribution in [-0.2, 0) is 0 Å². The summed E-state index contributed by atoms with van der Waals surface area (Å²) >= 11 is 3.29. The van der Waals surface area contributed by atoms with Gasteiger partial charge in [0.25, 0.3) is 0 Å². The number of rotatable bonds is 5. The molecule has 1 atom stereocenters. The number of nitrogens with one attached hydrogen (secondary N) is 1. The molecule has 0 saturated heterocycles. The molecule has 0 spiro atoms. The van der Waals surface area contributed by atoms with E-state index in [0.717, 1.165) is 4.47 Å². The highest BCUT2D eigenvalue weighted by molar-refractivity contribution is 9.10. The maximum atomic E-state index is 12.6. The Balaban J connectivity index is 2.59. The summed E-state index contributed by atoms with van der Waals surface area (Å²) < 4.78 is 11.0. The molecule has 0 aromatic heterocycles. The number of ether oxygens (including phenoxy) is 2. The maximum absolute atomic E-state index is 12.6. The Morgan fingerprint density at radius 1 is 1.18 bits per heavy atom. The first-order valence-corrected chi connectivity index (χ1v) is 7.06. The molecule has 0 aliphatic heterocycles. The Labute approximate surface area is 135 Å². The monoisotopic (exact) mass is 367 g/mol. The Kier molecular flexibility index (Phi) is 5.15. The lowest BCUT2D eigenvalue weighted by Crippen LogP contribution is -2.99.